The summed E-state index contributed by atoms with van der Waals surface area (Å²) in [5.74, 6) is 2.43. The van der Waals surface area contributed by atoms with Crippen LogP contribution in [-0.2, 0) is 0 Å². The quantitative estimate of drug-likeness (QED) is 0.0930. The van der Waals surface area contributed by atoms with Crippen molar-refractivity contribution < 1.29 is 0 Å². The van der Waals surface area contributed by atoms with Crippen LogP contribution >= 0.6 is 45.0 Å². The van der Waals surface area contributed by atoms with Gasteiger partial charge in [0.05, 0.1) is 0 Å². The highest BCUT2D eigenvalue weighted by atomic mass is 35.8. The predicted octanol–water partition coefficient (Wildman–Crippen LogP) is 10.0. The summed E-state index contributed by atoms with van der Waals surface area (Å²) in [4.78, 5) is 0. The van der Waals surface area contributed by atoms with Crippen molar-refractivity contribution in [1.29, 1.82) is 0 Å². The van der Waals surface area contributed by atoms with Crippen LogP contribution in [0.25, 0.3) is 0 Å². The molecule has 0 saturated heterocycles. The molecule has 0 aliphatic rings. The third-order valence-electron chi connectivity index (χ3n) is 4.89. The number of thioether (sulfide) groups is 1. The lowest BCUT2D eigenvalue weighted by Gasteiger charge is -2.07. The maximum absolute atomic E-state index is 5.88. The normalized spacial score (nSPS) is 12.0. The highest BCUT2D eigenvalue weighted by Gasteiger charge is 2.23. The summed E-state index contributed by atoms with van der Waals surface area (Å²) in [7, 11) is 0. The molecule has 0 unspecified atom stereocenters. The minimum absolute atomic E-state index is 0.809. The molecule has 158 valence electrons. The highest BCUT2D eigenvalue weighted by molar-refractivity contribution is 7.99. The van der Waals surface area contributed by atoms with Gasteiger partial charge in [-0.15, -0.1) is 33.2 Å². The van der Waals surface area contributed by atoms with Crippen LogP contribution in [0.3, 0.4) is 0 Å². The molecule has 0 N–H and O–H groups in total. The van der Waals surface area contributed by atoms with Crippen LogP contribution in [0, 0.1) is 0 Å². The van der Waals surface area contributed by atoms with E-state index in [1.54, 1.807) is 0 Å². The smallest absolute Gasteiger partial charge is 0.162 e. The molecule has 0 spiro atoms. The summed E-state index contributed by atoms with van der Waals surface area (Å²) >= 11 is 19.7. The molecule has 0 heterocycles. The van der Waals surface area contributed by atoms with Gasteiger partial charge >= 0.3 is 6.00 Å². The van der Waals surface area contributed by atoms with Crippen LogP contribution in [0.15, 0.2) is 0 Å². The van der Waals surface area contributed by atoms with Crippen molar-refractivity contribution in [2.24, 2.45) is 0 Å². The predicted molar refractivity (Wildman–Crippen MR) is 130 cm³/mol. The van der Waals surface area contributed by atoms with Crippen LogP contribution < -0.4 is 0 Å². The van der Waals surface area contributed by atoms with Crippen molar-refractivity contribution >= 4 is 51.0 Å². The first-order valence-electron chi connectivity index (χ1n) is 11.2. The van der Waals surface area contributed by atoms with Crippen molar-refractivity contribution in [2.45, 2.75) is 122 Å². The second-order valence-electron chi connectivity index (χ2n) is 7.63. The lowest BCUT2D eigenvalue weighted by molar-refractivity contribution is 0.531. The first-order valence-corrected chi connectivity index (χ1v) is 17.6. The van der Waals surface area contributed by atoms with Crippen LogP contribution in [0.4, 0.5) is 0 Å². The van der Waals surface area contributed by atoms with E-state index < -0.39 is 6.00 Å². The van der Waals surface area contributed by atoms with Gasteiger partial charge in [-0.05, 0) is 30.4 Å². The second kappa shape index (κ2) is 21.2. The lowest BCUT2D eigenvalue weighted by atomic mass is 10.0. The first kappa shape index (κ1) is 27.4. The molecule has 5 heteroatoms. The number of hydrogen-bond acceptors (Lipinski definition) is 1. The Bertz CT molecular complexity index is 272. The zero-order valence-corrected chi connectivity index (χ0v) is 21.3. The standard InChI is InChI=1S/C21H43Cl3SSi/c1-2-3-4-5-6-7-8-9-10-11-12-13-14-15-16-17-19-25-20-18-21-26(22,23)24/h2-21H2,1H3. The molecule has 0 aliphatic carbocycles. The zero-order valence-electron chi connectivity index (χ0n) is 17.2. The monoisotopic (exact) mass is 460 g/mol. The molecular weight excluding hydrogens is 419 g/mol. The molecule has 0 radical (unpaired) electrons. The van der Waals surface area contributed by atoms with Crippen molar-refractivity contribution in [3.8, 4) is 0 Å². The van der Waals surface area contributed by atoms with Crippen LogP contribution in [0.5, 0.6) is 0 Å². The minimum Gasteiger partial charge on any atom is -0.162 e. The molecule has 0 fully saturated rings. The third kappa shape index (κ3) is 25.4. The van der Waals surface area contributed by atoms with Crippen LogP contribution in [0.1, 0.15) is 116 Å². The van der Waals surface area contributed by atoms with Gasteiger partial charge in [0.25, 0.3) is 0 Å². The third-order valence-corrected chi connectivity index (χ3v) is 8.67. The fraction of sp³-hybridized carbons (Fsp3) is 1.00. The van der Waals surface area contributed by atoms with E-state index in [4.69, 9.17) is 33.2 Å². The number of unbranched alkanes of at least 4 members (excludes halogenated alkanes) is 15. The van der Waals surface area contributed by atoms with Gasteiger partial charge in [0.15, 0.2) is 0 Å². The molecule has 0 bridgehead atoms. The molecule has 0 aromatic rings. The summed E-state index contributed by atoms with van der Waals surface area (Å²) in [5.41, 5.74) is 0. The van der Waals surface area contributed by atoms with Crippen molar-refractivity contribution in [3.63, 3.8) is 0 Å². The average Bonchev–Trinajstić information content (AvgIpc) is 2.59. The molecule has 0 amide bonds. The van der Waals surface area contributed by atoms with Gasteiger partial charge < -0.3 is 0 Å². The van der Waals surface area contributed by atoms with Gasteiger partial charge in [0.1, 0.15) is 0 Å². The zero-order chi connectivity index (χ0) is 19.3. The summed E-state index contributed by atoms with van der Waals surface area (Å²) in [6.07, 6.45) is 24.0. The minimum atomic E-state index is -2.37. The van der Waals surface area contributed by atoms with Gasteiger partial charge in [0, 0.05) is 0 Å². The number of hydrogen-bond donors (Lipinski definition) is 0. The summed E-state index contributed by atoms with van der Waals surface area (Å²) < 4.78 is 0. The molecular formula is C21H43Cl3SSi. The second-order valence-corrected chi connectivity index (χ2v) is 18.1. The van der Waals surface area contributed by atoms with E-state index in [2.05, 4.69) is 6.92 Å². The topological polar surface area (TPSA) is 0 Å². The van der Waals surface area contributed by atoms with E-state index in [1.165, 1.54) is 108 Å². The summed E-state index contributed by atoms with van der Waals surface area (Å²) in [6, 6.07) is -1.56. The van der Waals surface area contributed by atoms with Gasteiger partial charge in [-0.2, -0.15) is 11.8 Å². The van der Waals surface area contributed by atoms with Crippen molar-refractivity contribution in [2.75, 3.05) is 11.5 Å². The molecule has 0 aliphatic heterocycles. The number of halogens is 3. The van der Waals surface area contributed by atoms with Crippen molar-refractivity contribution in [1.82, 2.24) is 0 Å². The SMILES string of the molecule is CCCCCCCCCCCCCCCCCCSCCC[Si](Cl)(Cl)Cl. The van der Waals surface area contributed by atoms with E-state index >= 15 is 0 Å². The highest BCUT2D eigenvalue weighted by Crippen LogP contribution is 2.27. The fourth-order valence-corrected chi connectivity index (χ4v) is 6.23. The van der Waals surface area contributed by atoms with Gasteiger partial charge in [0.2, 0.25) is 0 Å². The van der Waals surface area contributed by atoms with E-state index in [-0.39, 0.29) is 0 Å². The fourth-order valence-electron chi connectivity index (χ4n) is 3.23. The van der Waals surface area contributed by atoms with Gasteiger partial charge in [-0.25, -0.2) is 0 Å². The largest absolute Gasteiger partial charge is 0.341 e. The van der Waals surface area contributed by atoms with Crippen LogP contribution in [0.2, 0.25) is 6.04 Å². The summed E-state index contributed by atoms with van der Waals surface area (Å²) in [6.45, 7) is 2.29. The van der Waals surface area contributed by atoms with Gasteiger partial charge in [-0.3, -0.25) is 0 Å². The Hall–Kier alpha value is 1.44. The molecule has 0 atom stereocenters. The molecule has 0 aromatic heterocycles. The Morgan fingerprint density at radius 3 is 1.23 bits per heavy atom. The Labute approximate surface area is 184 Å². The maximum Gasteiger partial charge on any atom is 0.341 e. The Balaban J connectivity index is 3.01. The summed E-state index contributed by atoms with van der Waals surface area (Å²) in [5, 5.41) is 0. The van der Waals surface area contributed by atoms with Crippen molar-refractivity contribution in [3.05, 3.63) is 0 Å². The van der Waals surface area contributed by atoms with E-state index in [1.807, 2.05) is 11.8 Å². The van der Waals surface area contributed by atoms with E-state index in [0.717, 1.165) is 18.2 Å². The Morgan fingerprint density at radius 2 is 0.846 bits per heavy atom. The van der Waals surface area contributed by atoms with Crippen LogP contribution in [-0.4, -0.2) is 17.5 Å². The molecule has 0 aromatic carbocycles. The first-order chi connectivity index (χ1) is 12.6. The number of rotatable bonds is 21. The Kier molecular flexibility index (Phi) is 22.3. The average molecular weight is 462 g/mol. The lowest BCUT2D eigenvalue weighted by Crippen LogP contribution is -2.08. The Morgan fingerprint density at radius 1 is 0.500 bits per heavy atom. The van der Waals surface area contributed by atoms with E-state index in [0.29, 0.717) is 0 Å². The van der Waals surface area contributed by atoms with Gasteiger partial charge in [-0.1, -0.05) is 103 Å². The van der Waals surface area contributed by atoms with E-state index in [9.17, 15) is 0 Å². The maximum atomic E-state index is 5.88. The molecule has 0 rings (SSSR count). The molecule has 0 nitrogen and oxygen atoms in total. The molecule has 26 heavy (non-hydrogen) atoms. The molecule has 0 saturated carbocycles.